The average Bonchev–Trinajstić information content (AvgIpc) is 3.15. The molecule has 1 aromatic carbocycles. The van der Waals surface area contributed by atoms with Gasteiger partial charge in [0.15, 0.2) is 0 Å². The number of aromatic nitrogens is 4. The molecule has 1 amide bonds. The quantitative estimate of drug-likeness (QED) is 0.894. The second-order valence-electron chi connectivity index (χ2n) is 6.28. The van der Waals surface area contributed by atoms with Gasteiger partial charge in [0.2, 0.25) is 5.91 Å². The van der Waals surface area contributed by atoms with Crippen molar-refractivity contribution < 1.29 is 4.79 Å². The molecule has 4 rings (SSSR count). The van der Waals surface area contributed by atoms with Crippen LogP contribution in [0.5, 0.6) is 0 Å². The number of halogens is 1. The SMILES string of the molecule is Cl.O=C(Cc1ccc(-n2cnnn2)cc1)N1C2CCNCC1CC2. The number of carbonyl (C=O) groups is 1. The minimum atomic E-state index is 0. The zero-order valence-electron chi connectivity index (χ0n) is 13.3. The largest absolute Gasteiger partial charge is 0.335 e. The molecule has 2 aromatic rings. The maximum Gasteiger partial charge on any atom is 0.227 e. The lowest BCUT2D eigenvalue weighted by Gasteiger charge is -2.28. The molecule has 7 nitrogen and oxygen atoms in total. The molecule has 0 saturated carbocycles. The van der Waals surface area contributed by atoms with Crippen LogP contribution < -0.4 is 5.32 Å². The molecular weight excluding hydrogens is 328 g/mol. The Morgan fingerprint density at radius 2 is 1.96 bits per heavy atom. The van der Waals surface area contributed by atoms with E-state index in [2.05, 4.69) is 25.7 Å². The van der Waals surface area contributed by atoms with Gasteiger partial charge in [0.1, 0.15) is 6.33 Å². The number of amides is 1. The van der Waals surface area contributed by atoms with Gasteiger partial charge in [-0.1, -0.05) is 12.1 Å². The van der Waals surface area contributed by atoms with Crippen molar-refractivity contribution in [2.45, 2.75) is 37.8 Å². The molecule has 1 N–H and O–H groups in total. The fourth-order valence-corrected chi connectivity index (χ4v) is 3.70. The van der Waals surface area contributed by atoms with Crippen LogP contribution in [-0.2, 0) is 11.2 Å². The van der Waals surface area contributed by atoms with E-state index in [0.717, 1.165) is 43.6 Å². The summed E-state index contributed by atoms with van der Waals surface area (Å²) in [5, 5.41) is 14.6. The van der Waals surface area contributed by atoms with Gasteiger partial charge < -0.3 is 10.2 Å². The number of tetrazole rings is 1. The van der Waals surface area contributed by atoms with Gasteiger partial charge in [-0.3, -0.25) is 4.79 Å². The summed E-state index contributed by atoms with van der Waals surface area (Å²) in [6, 6.07) is 8.63. The molecule has 0 aliphatic carbocycles. The van der Waals surface area contributed by atoms with Gasteiger partial charge in [-0.25, -0.2) is 4.68 Å². The van der Waals surface area contributed by atoms with Gasteiger partial charge in [-0.2, -0.15) is 0 Å². The molecule has 2 aliphatic rings. The van der Waals surface area contributed by atoms with Crippen LogP contribution in [0.4, 0.5) is 0 Å². The lowest BCUT2D eigenvalue weighted by molar-refractivity contribution is -0.133. The summed E-state index contributed by atoms with van der Waals surface area (Å²) in [6.07, 6.45) is 5.36. The van der Waals surface area contributed by atoms with Crippen molar-refractivity contribution in [3.05, 3.63) is 36.2 Å². The molecule has 128 valence electrons. The minimum absolute atomic E-state index is 0. The molecule has 2 atom stereocenters. The minimum Gasteiger partial charge on any atom is -0.335 e. The Morgan fingerprint density at radius 3 is 2.71 bits per heavy atom. The van der Waals surface area contributed by atoms with E-state index in [1.54, 1.807) is 11.0 Å². The summed E-state index contributed by atoms with van der Waals surface area (Å²) >= 11 is 0. The lowest BCUT2D eigenvalue weighted by atomic mass is 10.1. The predicted octanol–water partition coefficient (Wildman–Crippen LogP) is 0.979. The third kappa shape index (κ3) is 3.27. The zero-order chi connectivity index (χ0) is 15.6. The van der Waals surface area contributed by atoms with E-state index < -0.39 is 0 Å². The summed E-state index contributed by atoms with van der Waals surface area (Å²) < 4.78 is 1.60. The van der Waals surface area contributed by atoms with Crippen LogP contribution in [0.25, 0.3) is 5.69 Å². The van der Waals surface area contributed by atoms with Gasteiger partial charge in [0.25, 0.3) is 0 Å². The number of rotatable bonds is 3. The number of fused-ring (bicyclic) bond motifs is 2. The lowest BCUT2D eigenvalue weighted by Crippen LogP contribution is -2.43. The molecular formula is C16H21ClN6O. The molecule has 0 radical (unpaired) electrons. The van der Waals surface area contributed by atoms with Crippen LogP contribution in [0, 0.1) is 0 Å². The summed E-state index contributed by atoms with van der Waals surface area (Å²) in [6.45, 7) is 1.95. The van der Waals surface area contributed by atoms with Gasteiger partial charge in [-0.15, -0.1) is 17.5 Å². The second kappa shape index (κ2) is 7.27. The third-order valence-corrected chi connectivity index (χ3v) is 4.85. The van der Waals surface area contributed by atoms with Crippen LogP contribution in [0.2, 0.25) is 0 Å². The number of carbonyl (C=O) groups excluding carboxylic acids is 1. The number of benzene rings is 1. The van der Waals surface area contributed by atoms with Crippen LogP contribution in [0.15, 0.2) is 30.6 Å². The van der Waals surface area contributed by atoms with E-state index in [9.17, 15) is 4.79 Å². The van der Waals surface area contributed by atoms with Gasteiger partial charge in [-0.05, 0) is 53.9 Å². The van der Waals surface area contributed by atoms with Gasteiger partial charge in [0, 0.05) is 18.6 Å². The summed E-state index contributed by atoms with van der Waals surface area (Å²) in [5.74, 6) is 0.247. The number of hydrogen-bond donors (Lipinski definition) is 1. The maximum absolute atomic E-state index is 12.8. The first-order valence-electron chi connectivity index (χ1n) is 8.15. The Balaban J connectivity index is 0.00000169. The Morgan fingerprint density at radius 1 is 1.17 bits per heavy atom. The fraction of sp³-hybridized carbons (Fsp3) is 0.500. The zero-order valence-corrected chi connectivity index (χ0v) is 14.2. The third-order valence-electron chi connectivity index (χ3n) is 4.85. The normalized spacial score (nSPS) is 22.8. The molecule has 1 aromatic heterocycles. The fourth-order valence-electron chi connectivity index (χ4n) is 3.70. The molecule has 2 unspecified atom stereocenters. The molecule has 2 saturated heterocycles. The van der Waals surface area contributed by atoms with E-state index in [-0.39, 0.29) is 18.3 Å². The van der Waals surface area contributed by atoms with Crippen molar-refractivity contribution >= 4 is 18.3 Å². The highest BCUT2D eigenvalue weighted by atomic mass is 35.5. The molecule has 2 aliphatic heterocycles. The molecule has 8 heteroatoms. The Hall–Kier alpha value is -1.99. The van der Waals surface area contributed by atoms with Gasteiger partial charge in [0.05, 0.1) is 12.1 Å². The molecule has 0 spiro atoms. The first kappa shape index (κ1) is 16.9. The van der Waals surface area contributed by atoms with Crippen molar-refractivity contribution in [2.75, 3.05) is 13.1 Å². The number of hydrogen-bond acceptors (Lipinski definition) is 5. The summed E-state index contributed by atoms with van der Waals surface area (Å²) in [7, 11) is 0. The van der Waals surface area contributed by atoms with Crippen molar-refractivity contribution in [3.8, 4) is 5.69 Å². The van der Waals surface area contributed by atoms with E-state index in [1.807, 2.05) is 24.3 Å². The van der Waals surface area contributed by atoms with Crippen molar-refractivity contribution in [1.29, 1.82) is 0 Å². The highest BCUT2D eigenvalue weighted by Crippen LogP contribution is 2.28. The maximum atomic E-state index is 12.8. The Labute approximate surface area is 146 Å². The number of nitrogens with one attached hydrogen (secondary N) is 1. The van der Waals surface area contributed by atoms with Crippen molar-refractivity contribution in [3.63, 3.8) is 0 Å². The van der Waals surface area contributed by atoms with E-state index >= 15 is 0 Å². The predicted molar refractivity (Wildman–Crippen MR) is 91.2 cm³/mol. The average molecular weight is 349 g/mol. The number of nitrogens with zero attached hydrogens (tertiary/aromatic N) is 5. The molecule has 3 heterocycles. The van der Waals surface area contributed by atoms with Crippen LogP contribution in [-0.4, -0.2) is 56.2 Å². The Kier molecular flexibility index (Phi) is 5.11. The van der Waals surface area contributed by atoms with Crippen molar-refractivity contribution in [2.24, 2.45) is 0 Å². The standard InChI is InChI=1S/C16H20N6O.ClH/c23-16(22-14-5-6-15(22)10-17-8-7-14)9-12-1-3-13(4-2-12)21-11-18-19-20-21;/h1-4,11,14-15,17H,5-10H2;1H. The molecule has 2 bridgehead atoms. The van der Waals surface area contributed by atoms with Crippen LogP contribution >= 0.6 is 12.4 Å². The molecule has 2 fully saturated rings. The van der Waals surface area contributed by atoms with Crippen LogP contribution in [0.3, 0.4) is 0 Å². The van der Waals surface area contributed by atoms with E-state index in [4.69, 9.17) is 0 Å². The summed E-state index contributed by atoms with van der Waals surface area (Å²) in [5.41, 5.74) is 1.92. The topological polar surface area (TPSA) is 75.9 Å². The monoisotopic (exact) mass is 348 g/mol. The first-order chi connectivity index (χ1) is 11.3. The van der Waals surface area contributed by atoms with Gasteiger partial charge >= 0.3 is 0 Å². The van der Waals surface area contributed by atoms with Crippen molar-refractivity contribution in [1.82, 2.24) is 30.4 Å². The molecule has 24 heavy (non-hydrogen) atoms. The van der Waals surface area contributed by atoms with Crippen LogP contribution in [0.1, 0.15) is 24.8 Å². The van der Waals surface area contributed by atoms with E-state index in [1.165, 1.54) is 0 Å². The smallest absolute Gasteiger partial charge is 0.227 e. The highest BCUT2D eigenvalue weighted by molar-refractivity contribution is 5.85. The van der Waals surface area contributed by atoms with E-state index in [0.29, 0.717) is 18.5 Å². The summed E-state index contributed by atoms with van der Waals surface area (Å²) in [4.78, 5) is 14.9. The highest BCUT2D eigenvalue weighted by Gasteiger charge is 2.37. The second-order valence-corrected chi connectivity index (χ2v) is 6.28. The Bertz CT molecular complexity index is 660. The first-order valence-corrected chi connectivity index (χ1v) is 8.15.